The first-order chi connectivity index (χ1) is 11.3. The molecule has 1 heterocycles. The van der Waals surface area contributed by atoms with Crippen molar-refractivity contribution in [3.63, 3.8) is 0 Å². The number of pyridine rings is 1. The molecule has 0 unspecified atom stereocenters. The lowest BCUT2D eigenvalue weighted by atomic mass is 10.00. The summed E-state index contributed by atoms with van der Waals surface area (Å²) in [6, 6.07) is 18.8. The van der Waals surface area contributed by atoms with Crippen molar-refractivity contribution in [2.75, 3.05) is 7.11 Å². The molecule has 0 amide bonds. The van der Waals surface area contributed by atoms with Gasteiger partial charge in [0.25, 0.3) is 0 Å². The number of aromatic nitrogens is 1. The summed E-state index contributed by atoms with van der Waals surface area (Å²) < 4.78 is 5.24. The van der Waals surface area contributed by atoms with Gasteiger partial charge in [-0.3, -0.25) is 4.98 Å². The largest absolute Gasteiger partial charge is 0.497 e. The van der Waals surface area contributed by atoms with Gasteiger partial charge in [-0.2, -0.15) is 0 Å². The van der Waals surface area contributed by atoms with Crippen molar-refractivity contribution in [3.8, 4) is 17.0 Å². The topological polar surface area (TPSA) is 22.1 Å². The van der Waals surface area contributed by atoms with Gasteiger partial charge in [0.1, 0.15) is 5.75 Å². The molecule has 0 bridgehead atoms. The van der Waals surface area contributed by atoms with Gasteiger partial charge in [0, 0.05) is 17.3 Å². The molecule has 24 heavy (non-hydrogen) atoms. The van der Waals surface area contributed by atoms with Gasteiger partial charge in [-0.25, -0.2) is 0 Å². The molecule has 0 saturated carbocycles. The summed E-state index contributed by atoms with van der Waals surface area (Å²) in [7, 11) is 1.69. The standard InChI is InChI=1S/C21H17NO.ClH/c1-14-5-10-18-19(12-14)20(17-4-3-11-22-21(17)18)13-15-6-8-16(23-2)9-7-15;/h3-13H,1-2H3;1H. The van der Waals surface area contributed by atoms with Crippen molar-refractivity contribution in [2.45, 2.75) is 6.92 Å². The number of nitrogens with zero attached hydrogens (tertiary/aromatic N) is 1. The van der Waals surface area contributed by atoms with Crippen LogP contribution in [0.15, 0.2) is 60.8 Å². The second-order valence-electron chi connectivity index (χ2n) is 5.78. The first-order valence-corrected chi connectivity index (χ1v) is 7.69. The zero-order valence-electron chi connectivity index (χ0n) is 13.6. The summed E-state index contributed by atoms with van der Waals surface area (Å²) in [5.41, 5.74) is 8.39. The fourth-order valence-electron chi connectivity index (χ4n) is 3.09. The van der Waals surface area contributed by atoms with E-state index in [1.54, 1.807) is 7.11 Å². The average molecular weight is 336 g/mol. The highest BCUT2D eigenvalue weighted by atomic mass is 35.5. The third-order valence-electron chi connectivity index (χ3n) is 4.25. The van der Waals surface area contributed by atoms with Crippen molar-refractivity contribution in [1.82, 2.24) is 4.98 Å². The molecule has 120 valence electrons. The third kappa shape index (κ3) is 2.70. The zero-order chi connectivity index (χ0) is 15.8. The van der Waals surface area contributed by atoms with Gasteiger partial charge in [-0.15, -0.1) is 12.4 Å². The zero-order valence-corrected chi connectivity index (χ0v) is 14.4. The summed E-state index contributed by atoms with van der Waals surface area (Å²) in [6.45, 7) is 2.13. The molecule has 1 aliphatic rings. The molecule has 4 rings (SSSR count). The van der Waals surface area contributed by atoms with Crippen LogP contribution in [0.25, 0.3) is 22.9 Å². The van der Waals surface area contributed by atoms with Crippen LogP contribution in [0.1, 0.15) is 22.3 Å². The molecule has 3 heteroatoms. The first kappa shape index (κ1) is 16.3. The smallest absolute Gasteiger partial charge is 0.118 e. The molecule has 0 fully saturated rings. The maximum absolute atomic E-state index is 5.24. The SMILES string of the molecule is COc1ccc(C=C2c3cc(C)ccc3-c3ncccc32)cc1.Cl. The average Bonchev–Trinajstić information content (AvgIpc) is 2.89. The number of hydrogen-bond acceptors (Lipinski definition) is 2. The minimum atomic E-state index is 0. The molecule has 0 N–H and O–H groups in total. The first-order valence-electron chi connectivity index (χ1n) is 7.69. The van der Waals surface area contributed by atoms with Crippen molar-refractivity contribution in [3.05, 3.63) is 83.0 Å². The van der Waals surface area contributed by atoms with Gasteiger partial charge < -0.3 is 4.74 Å². The highest BCUT2D eigenvalue weighted by Crippen LogP contribution is 2.44. The molecule has 2 nitrogen and oxygen atoms in total. The Kier molecular flexibility index (Phi) is 4.41. The fraction of sp³-hybridized carbons (Fsp3) is 0.0952. The van der Waals surface area contributed by atoms with E-state index in [1.165, 1.54) is 27.8 Å². The van der Waals surface area contributed by atoms with Gasteiger partial charge in [0.15, 0.2) is 0 Å². The van der Waals surface area contributed by atoms with Gasteiger partial charge in [0.2, 0.25) is 0 Å². The van der Waals surface area contributed by atoms with Gasteiger partial charge in [-0.05, 0) is 47.9 Å². The van der Waals surface area contributed by atoms with Gasteiger partial charge in [-0.1, -0.05) is 42.0 Å². The van der Waals surface area contributed by atoms with E-state index in [4.69, 9.17) is 4.74 Å². The number of rotatable bonds is 2. The highest BCUT2D eigenvalue weighted by Gasteiger charge is 2.24. The number of halogens is 1. The molecule has 0 aliphatic heterocycles. The van der Waals surface area contributed by atoms with E-state index >= 15 is 0 Å². The second kappa shape index (κ2) is 6.50. The Labute approximate surface area is 148 Å². The van der Waals surface area contributed by atoms with Crippen LogP contribution >= 0.6 is 12.4 Å². The van der Waals surface area contributed by atoms with Crippen LogP contribution in [0.4, 0.5) is 0 Å². The van der Waals surface area contributed by atoms with E-state index < -0.39 is 0 Å². The molecule has 0 radical (unpaired) electrons. The monoisotopic (exact) mass is 335 g/mol. The number of ether oxygens (including phenoxy) is 1. The molecule has 2 aromatic carbocycles. The van der Waals surface area contributed by atoms with Crippen molar-refractivity contribution in [2.24, 2.45) is 0 Å². The maximum Gasteiger partial charge on any atom is 0.118 e. The van der Waals surface area contributed by atoms with Gasteiger partial charge in [0.05, 0.1) is 12.8 Å². The second-order valence-corrected chi connectivity index (χ2v) is 5.78. The van der Waals surface area contributed by atoms with E-state index in [9.17, 15) is 0 Å². The minimum Gasteiger partial charge on any atom is -0.497 e. The Morgan fingerprint density at radius 3 is 2.46 bits per heavy atom. The Morgan fingerprint density at radius 2 is 1.71 bits per heavy atom. The molecule has 0 spiro atoms. The quantitative estimate of drug-likeness (QED) is 0.490. The van der Waals surface area contributed by atoms with E-state index in [-0.39, 0.29) is 12.4 Å². The van der Waals surface area contributed by atoms with E-state index in [0.717, 1.165) is 17.0 Å². The van der Waals surface area contributed by atoms with E-state index in [0.29, 0.717) is 0 Å². The summed E-state index contributed by atoms with van der Waals surface area (Å²) in [5, 5.41) is 0. The predicted molar refractivity (Wildman–Crippen MR) is 102 cm³/mol. The molecule has 0 saturated heterocycles. The summed E-state index contributed by atoms with van der Waals surface area (Å²) in [6.07, 6.45) is 4.09. The number of benzene rings is 2. The maximum atomic E-state index is 5.24. The van der Waals surface area contributed by atoms with Crippen LogP contribution < -0.4 is 4.74 Å². The minimum absolute atomic E-state index is 0. The molecule has 1 aromatic heterocycles. The molecule has 0 atom stereocenters. The van der Waals surface area contributed by atoms with Crippen molar-refractivity contribution >= 4 is 24.1 Å². The number of methoxy groups -OCH3 is 1. The lowest BCUT2D eigenvalue weighted by Gasteiger charge is -2.05. The predicted octanol–water partition coefficient (Wildman–Crippen LogP) is 5.39. The van der Waals surface area contributed by atoms with Gasteiger partial charge >= 0.3 is 0 Å². The molecular formula is C21H18ClNO. The van der Waals surface area contributed by atoms with Crippen molar-refractivity contribution in [1.29, 1.82) is 0 Å². The Bertz CT molecular complexity index is 913. The summed E-state index contributed by atoms with van der Waals surface area (Å²) in [4.78, 5) is 4.59. The lowest BCUT2D eigenvalue weighted by Crippen LogP contribution is -1.85. The van der Waals surface area contributed by atoms with Crippen LogP contribution in [-0.4, -0.2) is 12.1 Å². The van der Waals surface area contributed by atoms with E-state index in [2.05, 4.69) is 54.4 Å². The fourth-order valence-corrected chi connectivity index (χ4v) is 3.09. The Morgan fingerprint density at radius 1 is 0.917 bits per heavy atom. The van der Waals surface area contributed by atoms with Crippen molar-refractivity contribution < 1.29 is 4.74 Å². The molecular weight excluding hydrogens is 318 g/mol. The van der Waals surface area contributed by atoms with Crippen LogP contribution in [-0.2, 0) is 0 Å². The normalized spacial score (nSPS) is 13.2. The van der Waals surface area contributed by atoms with Crippen LogP contribution in [0.3, 0.4) is 0 Å². The number of hydrogen-bond donors (Lipinski definition) is 0. The number of fused-ring (bicyclic) bond motifs is 3. The van der Waals surface area contributed by atoms with Crippen LogP contribution in [0, 0.1) is 6.92 Å². The van der Waals surface area contributed by atoms with E-state index in [1.807, 2.05) is 24.4 Å². The summed E-state index contributed by atoms with van der Waals surface area (Å²) >= 11 is 0. The highest BCUT2D eigenvalue weighted by molar-refractivity contribution is 6.05. The number of aryl methyl sites for hydroxylation is 1. The molecule has 3 aromatic rings. The Balaban J connectivity index is 0.00000169. The summed E-state index contributed by atoms with van der Waals surface area (Å²) in [5.74, 6) is 0.872. The van der Waals surface area contributed by atoms with Crippen LogP contribution in [0.2, 0.25) is 0 Å². The lowest BCUT2D eigenvalue weighted by molar-refractivity contribution is 0.415. The van der Waals surface area contributed by atoms with Crippen LogP contribution in [0.5, 0.6) is 5.75 Å². The third-order valence-corrected chi connectivity index (χ3v) is 4.25. The molecule has 1 aliphatic carbocycles. The Hall–Kier alpha value is -2.58.